The zero-order valence-electron chi connectivity index (χ0n) is 11.5. The predicted molar refractivity (Wildman–Crippen MR) is 87.2 cm³/mol. The van der Waals surface area contributed by atoms with E-state index < -0.39 is 0 Å². The van der Waals surface area contributed by atoms with Crippen LogP contribution in [0.25, 0.3) is 10.2 Å². The molecule has 1 aliphatic rings. The van der Waals surface area contributed by atoms with Crippen LogP contribution in [0.15, 0.2) is 24.3 Å². The summed E-state index contributed by atoms with van der Waals surface area (Å²) in [6.45, 7) is 3.16. The van der Waals surface area contributed by atoms with E-state index in [0.717, 1.165) is 29.7 Å². The molecular weight excluding hydrogens is 292 g/mol. The Hall–Kier alpha value is -0.840. The number of para-hydroxylation sites is 1. The second kappa shape index (κ2) is 7.81. The first-order valence-electron chi connectivity index (χ1n) is 7.11. The van der Waals surface area contributed by atoms with Crippen LogP contribution in [-0.2, 0) is 0 Å². The molecular formula is C15H21ClN2OS. The van der Waals surface area contributed by atoms with Crippen molar-refractivity contribution in [1.29, 1.82) is 0 Å². The van der Waals surface area contributed by atoms with Gasteiger partial charge in [0.15, 0.2) is 0 Å². The van der Waals surface area contributed by atoms with Crippen molar-refractivity contribution in [2.24, 2.45) is 5.92 Å². The lowest BCUT2D eigenvalue weighted by Crippen LogP contribution is -2.29. The van der Waals surface area contributed by atoms with Crippen molar-refractivity contribution in [3.63, 3.8) is 0 Å². The molecule has 1 aliphatic heterocycles. The van der Waals surface area contributed by atoms with Crippen molar-refractivity contribution >= 4 is 34.0 Å². The molecule has 2 aromatic rings. The molecule has 0 amide bonds. The summed E-state index contributed by atoms with van der Waals surface area (Å²) >= 11 is 1.64. The largest absolute Gasteiger partial charge is 0.470 e. The third kappa shape index (κ3) is 4.08. The zero-order valence-corrected chi connectivity index (χ0v) is 13.1. The van der Waals surface area contributed by atoms with Crippen LogP contribution in [0.1, 0.15) is 25.7 Å². The average molecular weight is 313 g/mol. The average Bonchev–Trinajstić information content (AvgIpc) is 2.87. The minimum atomic E-state index is 0. The van der Waals surface area contributed by atoms with Gasteiger partial charge in [0, 0.05) is 0 Å². The number of nitrogens with zero attached hydrogens (tertiary/aromatic N) is 1. The Kier molecular flexibility index (Phi) is 6.07. The molecule has 1 atom stereocenters. The van der Waals surface area contributed by atoms with Crippen molar-refractivity contribution in [1.82, 2.24) is 10.3 Å². The summed E-state index contributed by atoms with van der Waals surface area (Å²) in [7, 11) is 0. The van der Waals surface area contributed by atoms with E-state index in [4.69, 9.17) is 4.74 Å². The van der Waals surface area contributed by atoms with E-state index in [0.29, 0.717) is 0 Å². The summed E-state index contributed by atoms with van der Waals surface area (Å²) < 4.78 is 6.97. The second-order valence-corrected chi connectivity index (χ2v) is 6.14. The molecule has 1 unspecified atom stereocenters. The number of fused-ring (bicyclic) bond motifs is 1. The van der Waals surface area contributed by atoms with Crippen molar-refractivity contribution in [2.75, 3.05) is 19.7 Å². The molecule has 1 saturated heterocycles. The highest BCUT2D eigenvalue weighted by Crippen LogP contribution is 2.27. The first-order chi connectivity index (χ1) is 9.42. The normalized spacial score (nSPS) is 18.7. The highest BCUT2D eigenvalue weighted by atomic mass is 35.5. The van der Waals surface area contributed by atoms with E-state index in [-0.39, 0.29) is 12.4 Å². The first-order valence-corrected chi connectivity index (χ1v) is 7.92. The summed E-state index contributed by atoms with van der Waals surface area (Å²) in [5.74, 6) is 0.840. The Morgan fingerprint density at radius 3 is 3.05 bits per heavy atom. The lowest BCUT2D eigenvalue weighted by atomic mass is 9.95. The van der Waals surface area contributed by atoms with E-state index in [1.165, 1.54) is 37.1 Å². The summed E-state index contributed by atoms with van der Waals surface area (Å²) in [6.07, 6.45) is 5.08. The van der Waals surface area contributed by atoms with Gasteiger partial charge in [-0.3, -0.25) is 0 Å². The summed E-state index contributed by atoms with van der Waals surface area (Å²) in [6, 6.07) is 8.18. The molecule has 0 bridgehead atoms. The Labute approximate surface area is 130 Å². The van der Waals surface area contributed by atoms with Crippen molar-refractivity contribution in [3.05, 3.63) is 24.3 Å². The third-order valence-electron chi connectivity index (χ3n) is 3.66. The quantitative estimate of drug-likeness (QED) is 0.851. The van der Waals surface area contributed by atoms with Crippen molar-refractivity contribution in [3.8, 4) is 5.19 Å². The fraction of sp³-hybridized carbons (Fsp3) is 0.533. The Balaban J connectivity index is 0.00000147. The highest BCUT2D eigenvalue weighted by Gasteiger charge is 2.12. The van der Waals surface area contributed by atoms with E-state index in [1.54, 1.807) is 11.3 Å². The summed E-state index contributed by atoms with van der Waals surface area (Å²) in [5.41, 5.74) is 1.04. The molecule has 5 heteroatoms. The van der Waals surface area contributed by atoms with E-state index in [9.17, 15) is 0 Å². The fourth-order valence-corrected chi connectivity index (χ4v) is 3.45. The Morgan fingerprint density at radius 1 is 1.35 bits per heavy atom. The number of halogens is 1. The van der Waals surface area contributed by atoms with Gasteiger partial charge in [-0.2, -0.15) is 0 Å². The third-order valence-corrected chi connectivity index (χ3v) is 4.60. The number of ether oxygens (including phenoxy) is 1. The number of piperidine rings is 1. The fourth-order valence-electron chi connectivity index (χ4n) is 2.61. The van der Waals surface area contributed by atoms with Crippen LogP contribution < -0.4 is 10.1 Å². The van der Waals surface area contributed by atoms with Gasteiger partial charge < -0.3 is 10.1 Å². The number of hydrogen-bond donors (Lipinski definition) is 1. The van der Waals surface area contributed by atoms with Crippen LogP contribution in [0.3, 0.4) is 0 Å². The number of nitrogens with one attached hydrogen (secondary N) is 1. The maximum Gasteiger partial charge on any atom is 0.274 e. The monoisotopic (exact) mass is 312 g/mol. The molecule has 0 aliphatic carbocycles. The van der Waals surface area contributed by atoms with Crippen molar-refractivity contribution < 1.29 is 4.74 Å². The Morgan fingerprint density at radius 2 is 2.25 bits per heavy atom. The lowest BCUT2D eigenvalue weighted by Gasteiger charge is -2.22. The number of hydrogen-bond acceptors (Lipinski definition) is 4. The smallest absolute Gasteiger partial charge is 0.274 e. The van der Waals surface area contributed by atoms with E-state index in [1.807, 2.05) is 18.2 Å². The molecule has 0 radical (unpaired) electrons. The number of aromatic nitrogens is 1. The minimum absolute atomic E-state index is 0. The van der Waals surface area contributed by atoms with Crippen molar-refractivity contribution in [2.45, 2.75) is 25.7 Å². The second-order valence-electron chi connectivity index (χ2n) is 5.15. The zero-order chi connectivity index (χ0) is 12.9. The van der Waals surface area contributed by atoms with E-state index in [2.05, 4.69) is 16.4 Å². The highest BCUT2D eigenvalue weighted by molar-refractivity contribution is 7.20. The summed E-state index contributed by atoms with van der Waals surface area (Å²) in [4.78, 5) is 4.48. The number of thiazole rings is 1. The van der Waals surface area contributed by atoms with Gasteiger partial charge in [0.2, 0.25) is 0 Å². The van der Waals surface area contributed by atoms with Gasteiger partial charge in [-0.05, 0) is 56.8 Å². The maximum absolute atomic E-state index is 5.77. The molecule has 1 fully saturated rings. The van der Waals surface area contributed by atoms with Gasteiger partial charge in [-0.1, -0.05) is 23.5 Å². The van der Waals surface area contributed by atoms with Gasteiger partial charge in [0.25, 0.3) is 5.19 Å². The van der Waals surface area contributed by atoms with Crippen LogP contribution >= 0.6 is 23.7 Å². The molecule has 1 N–H and O–H groups in total. The number of benzene rings is 1. The SMILES string of the molecule is Cl.c1ccc2sc(OCCCC3CCCNC3)nc2c1. The standard InChI is InChI=1S/C15H20N2OS.ClH/c1-2-8-14-13(7-1)17-15(19-14)18-10-4-6-12-5-3-9-16-11-12;/h1-2,7-8,12,16H,3-6,9-11H2;1H. The molecule has 3 nitrogen and oxygen atoms in total. The molecule has 2 heterocycles. The molecule has 110 valence electrons. The minimum Gasteiger partial charge on any atom is -0.470 e. The topological polar surface area (TPSA) is 34.1 Å². The van der Waals surface area contributed by atoms with Crippen LogP contribution in [0.4, 0.5) is 0 Å². The first kappa shape index (κ1) is 15.5. The lowest BCUT2D eigenvalue weighted by molar-refractivity contribution is 0.275. The molecule has 1 aromatic heterocycles. The molecule has 1 aromatic carbocycles. The van der Waals surface area contributed by atoms with Gasteiger partial charge in [0.05, 0.1) is 16.8 Å². The van der Waals surface area contributed by atoms with E-state index >= 15 is 0 Å². The summed E-state index contributed by atoms with van der Waals surface area (Å²) in [5, 5.41) is 4.27. The van der Waals surface area contributed by atoms with Gasteiger partial charge in [-0.15, -0.1) is 12.4 Å². The molecule has 3 rings (SSSR count). The predicted octanol–water partition coefficient (Wildman–Crippen LogP) is 3.88. The van der Waals surface area contributed by atoms with Crippen LogP contribution in [-0.4, -0.2) is 24.7 Å². The van der Waals surface area contributed by atoms with Crippen LogP contribution in [0, 0.1) is 5.92 Å². The molecule has 20 heavy (non-hydrogen) atoms. The van der Waals surface area contributed by atoms with Gasteiger partial charge >= 0.3 is 0 Å². The molecule has 0 spiro atoms. The number of rotatable bonds is 5. The van der Waals surface area contributed by atoms with Gasteiger partial charge in [-0.25, -0.2) is 4.98 Å². The maximum atomic E-state index is 5.77. The van der Waals surface area contributed by atoms with Crippen LogP contribution in [0.2, 0.25) is 0 Å². The van der Waals surface area contributed by atoms with Crippen LogP contribution in [0.5, 0.6) is 5.19 Å². The Bertz CT molecular complexity index is 492. The molecule has 0 saturated carbocycles. The van der Waals surface area contributed by atoms with Gasteiger partial charge in [0.1, 0.15) is 0 Å².